The Kier molecular flexibility index (Phi) is 4.18. The highest BCUT2D eigenvalue weighted by atomic mass is 35.5. The molecular formula is C8H15ClN4. The zero-order valence-electron chi connectivity index (χ0n) is 7.52. The quantitative estimate of drug-likeness (QED) is 0.768. The first-order valence-electron chi connectivity index (χ1n) is 4.50. The topological polar surface area (TPSA) is 42.7 Å². The first-order chi connectivity index (χ1) is 5.95. The van der Waals surface area contributed by atoms with Gasteiger partial charge in [0.15, 0.2) is 0 Å². The molecule has 74 valence electrons. The van der Waals surface area contributed by atoms with Crippen molar-refractivity contribution in [3.63, 3.8) is 0 Å². The lowest BCUT2D eigenvalue weighted by atomic mass is 10.00. The van der Waals surface area contributed by atoms with E-state index >= 15 is 0 Å². The molecule has 1 aliphatic heterocycles. The van der Waals surface area contributed by atoms with Crippen molar-refractivity contribution in [3.8, 4) is 0 Å². The summed E-state index contributed by atoms with van der Waals surface area (Å²) in [6.45, 7) is 3.31. The summed E-state index contributed by atoms with van der Waals surface area (Å²) in [6, 6.07) is 0. The molecule has 13 heavy (non-hydrogen) atoms. The molecule has 0 aliphatic carbocycles. The zero-order valence-corrected chi connectivity index (χ0v) is 8.33. The molecule has 0 bridgehead atoms. The van der Waals surface area contributed by atoms with Crippen LogP contribution in [0.5, 0.6) is 0 Å². The Labute approximate surface area is 84.1 Å². The molecule has 1 fully saturated rings. The van der Waals surface area contributed by atoms with Gasteiger partial charge in [0.05, 0.1) is 6.20 Å². The third-order valence-corrected chi connectivity index (χ3v) is 2.32. The second kappa shape index (κ2) is 5.19. The minimum absolute atomic E-state index is 0. The fourth-order valence-electron chi connectivity index (χ4n) is 1.67. The predicted octanol–water partition coefficient (Wildman–Crippen LogP) is 0.699. The van der Waals surface area contributed by atoms with Gasteiger partial charge in [-0.05, 0) is 31.8 Å². The van der Waals surface area contributed by atoms with Crippen molar-refractivity contribution >= 4 is 12.4 Å². The summed E-state index contributed by atoms with van der Waals surface area (Å²) in [6.07, 6.45) is 6.26. The maximum atomic E-state index is 3.95. The number of aromatic nitrogens is 3. The molecule has 2 heterocycles. The molecule has 2 rings (SSSR count). The van der Waals surface area contributed by atoms with E-state index in [-0.39, 0.29) is 12.4 Å². The Bertz CT molecular complexity index is 218. The molecular weight excluding hydrogens is 188 g/mol. The largest absolute Gasteiger partial charge is 0.316 e. The molecule has 5 heteroatoms. The molecule has 0 amide bonds. The standard InChI is InChI=1S/C8H14N4.ClH/c1-2-8(6-9-3-1)7-12-5-4-10-11-12;/h4-5,8-9H,1-3,6-7H2;1H. The van der Waals surface area contributed by atoms with Crippen molar-refractivity contribution < 1.29 is 0 Å². The zero-order chi connectivity index (χ0) is 8.23. The van der Waals surface area contributed by atoms with Gasteiger partial charge in [0.25, 0.3) is 0 Å². The molecule has 1 N–H and O–H groups in total. The average molecular weight is 203 g/mol. The van der Waals surface area contributed by atoms with Crippen LogP contribution in [-0.2, 0) is 6.54 Å². The first-order valence-corrected chi connectivity index (χ1v) is 4.50. The smallest absolute Gasteiger partial charge is 0.0692 e. The summed E-state index contributed by atoms with van der Waals surface area (Å²) < 4.78 is 1.91. The van der Waals surface area contributed by atoms with Crippen molar-refractivity contribution in [2.24, 2.45) is 5.92 Å². The molecule has 1 atom stereocenters. The Morgan fingerprint density at radius 2 is 2.46 bits per heavy atom. The molecule has 0 radical (unpaired) electrons. The third kappa shape index (κ3) is 2.97. The fourth-order valence-corrected chi connectivity index (χ4v) is 1.67. The molecule has 1 saturated heterocycles. The van der Waals surface area contributed by atoms with Crippen molar-refractivity contribution in [2.45, 2.75) is 19.4 Å². The molecule has 0 saturated carbocycles. The van der Waals surface area contributed by atoms with Crippen LogP contribution in [0.4, 0.5) is 0 Å². The molecule has 1 aliphatic rings. The number of hydrogen-bond donors (Lipinski definition) is 1. The van der Waals surface area contributed by atoms with Crippen LogP contribution in [0.2, 0.25) is 0 Å². The van der Waals surface area contributed by atoms with Crippen molar-refractivity contribution in [3.05, 3.63) is 12.4 Å². The lowest BCUT2D eigenvalue weighted by Crippen LogP contribution is -2.32. The van der Waals surface area contributed by atoms with Crippen LogP contribution < -0.4 is 5.32 Å². The van der Waals surface area contributed by atoms with Gasteiger partial charge < -0.3 is 5.32 Å². The normalized spacial score (nSPS) is 22.3. The lowest BCUT2D eigenvalue weighted by Gasteiger charge is -2.22. The van der Waals surface area contributed by atoms with Crippen LogP contribution in [0, 0.1) is 5.92 Å². The first kappa shape index (κ1) is 10.5. The summed E-state index contributed by atoms with van der Waals surface area (Å²) in [7, 11) is 0. The second-order valence-electron chi connectivity index (χ2n) is 3.34. The summed E-state index contributed by atoms with van der Waals surface area (Å²) in [4.78, 5) is 0. The maximum absolute atomic E-state index is 3.95. The van der Waals surface area contributed by atoms with E-state index in [1.54, 1.807) is 6.20 Å². The number of rotatable bonds is 2. The van der Waals surface area contributed by atoms with Gasteiger partial charge in [-0.15, -0.1) is 17.5 Å². The highest BCUT2D eigenvalue weighted by molar-refractivity contribution is 5.85. The van der Waals surface area contributed by atoms with E-state index in [0.29, 0.717) is 0 Å². The molecule has 0 aromatic carbocycles. The third-order valence-electron chi connectivity index (χ3n) is 2.32. The Hall–Kier alpha value is -0.610. The highest BCUT2D eigenvalue weighted by Gasteiger charge is 2.13. The van der Waals surface area contributed by atoms with Crippen LogP contribution in [0.15, 0.2) is 12.4 Å². The van der Waals surface area contributed by atoms with E-state index in [2.05, 4.69) is 15.6 Å². The van der Waals surface area contributed by atoms with Gasteiger partial charge in [-0.3, -0.25) is 4.68 Å². The minimum Gasteiger partial charge on any atom is -0.316 e. The van der Waals surface area contributed by atoms with Gasteiger partial charge in [-0.2, -0.15) is 0 Å². The van der Waals surface area contributed by atoms with E-state index < -0.39 is 0 Å². The lowest BCUT2D eigenvalue weighted by molar-refractivity contribution is 0.322. The molecule has 4 nitrogen and oxygen atoms in total. The Morgan fingerprint density at radius 1 is 1.54 bits per heavy atom. The summed E-state index contributed by atoms with van der Waals surface area (Å²) in [5, 5.41) is 11.1. The van der Waals surface area contributed by atoms with Gasteiger partial charge in [0.1, 0.15) is 0 Å². The van der Waals surface area contributed by atoms with E-state index in [4.69, 9.17) is 0 Å². The van der Waals surface area contributed by atoms with Crippen molar-refractivity contribution in [1.29, 1.82) is 0 Å². The maximum Gasteiger partial charge on any atom is 0.0692 e. The summed E-state index contributed by atoms with van der Waals surface area (Å²) in [5.74, 6) is 0.737. The van der Waals surface area contributed by atoms with E-state index in [1.165, 1.54) is 19.4 Å². The van der Waals surface area contributed by atoms with Crippen molar-refractivity contribution in [2.75, 3.05) is 13.1 Å². The van der Waals surface area contributed by atoms with E-state index in [1.807, 2.05) is 10.9 Å². The SMILES string of the molecule is Cl.c1cn(CC2CCCNC2)nn1. The van der Waals surface area contributed by atoms with Gasteiger partial charge >= 0.3 is 0 Å². The number of hydrogen-bond acceptors (Lipinski definition) is 3. The van der Waals surface area contributed by atoms with E-state index in [9.17, 15) is 0 Å². The summed E-state index contributed by atoms with van der Waals surface area (Å²) in [5.41, 5.74) is 0. The Morgan fingerprint density at radius 3 is 3.08 bits per heavy atom. The van der Waals surface area contributed by atoms with Gasteiger partial charge in [0, 0.05) is 12.7 Å². The predicted molar refractivity (Wildman–Crippen MR) is 52.9 cm³/mol. The fraction of sp³-hybridized carbons (Fsp3) is 0.750. The average Bonchev–Trinajstić information content (AvgIpc) is 2.59. The van der Waals surface area contributed by atoms with Crippen LogP contribution in [0.1, 0.15) is 12.8 Å². The van der Waals surface area contributed by atoms with Gasteiger partial charge in [-0.25, -0.2) is 0 Å². The number of piperidine rings is 1. The molecule has 1 unspecified atom stereocenters. The van der Waals surface area contributed by atoms with Gasteiger partial charge in [-0.1, -0.05) is 5.21 Å². The van der Waals surface area contributed by atoms with Crippen LogP contribution in [0.3, 0.4) is 0 Å². The minimum atomic E-state index is 0. The monoisotopic (exact) mass is 202 g/mol. The molecule has 1 aromatic heterocycles. The highest BCUT2D eigenvalue weighted by Crippen LogP contribution is 2.11. The van der Waals surface area contributed by atoms with E-state index in [0.717, 1.165) is 19.0 Å². The number of nitrogens with one attached hydrogen (secondary N) is 1. The summed E-state index contributed by atoms with van der Waals surface area (Å²) >= 11 is 0. The second-order valence-corrected chi connectivity index (χ2v) is 3.34. The van der Waals surface area contributed by atoms with Crippen molar-refractivity contribution in [1.82, 2.24) is 20.3 Å². The number of nitrogens with zero attached hydrogens (tertiary/aromatic N) is 3. The number of halogens is 1. The Balaban J connectivity index is 0.000000845. The van der Waals surface area contributed by atoms with Crippen LogP contribution in [-0.4, -0.2) is 28.1 Å². The van der Waals surface area contributed by atoms with Gasteiger partial charge in [0.2, 0.25) is 0 Å². The molecule has 1 aromatic rings. The molecule has 0 spiro atoms. The van der Waals surface area contributed by atoms with Crippen LogP contribution >= 0.6 is 12.4 Å². The van der Waals surface area contributed by atoms with Crippen LogP contribution in [0.25, 0.3) is 0 Å².